The molecule has 0 saturated heterocycles. The summed E-state index contributed by atoms with van der Waals surface area (Å²) in [5.41, 5.74) is 0.775. The van der Waals surface area contributed by atoms with E-state index in [2.05, 4.69) is 0 Å². The lowest BCUT2D eigenvalue weighted by Crippen LogP contribution is -2.29. The standard InChI is InChI=1S/C18H17F2NO2/c19-13-11-16(20)15-8-9-21(17(15)12-13)18(22)7-4-10-23-14-5-2-1-3-6-14/h1-3,5-6,11-12H,4,7-10H2. The van der Waals surface area contributed by atoms with Gasteiger partial charge in [0.1, 0.15) is 17.4 Å². The Labute approximate surface area is 133 Å². The molecule has 1 aliphatic rings. The maximum Gasteiger partial charge on any atom is 0.227 e. The van der Waals surface area contributed by atoms with Crippen molar-refractivity contribution in [3.63, 3.8) is 0 Å². The summed E-state index contributed by atoms with van der Waals surface area (Å²) in [7, 11) is 0. The van der Waals surface area contributed by atoms with E-state index in [4.69, 9.17) is 4.74 Å². The molecule has 0 aliphatic carbocycles. The monoisotopic (exact) mass is 317 g/mol. The summed E-state index contributed by atoms with van der Waals surface area (Å²) in [6.45, 7) is 0.821. The van der Waals surface area contributed by atoms with Crippen LogP contribution in [0.25, 0.3) is 0 Å². The Morgan fingerprint density at radius 1 is 1.17 bits per heavy atom. The number of amides is 1. The number of anilines is 1. The van der Waals surface area contributed by atoms with Crippen LogP contribution < -0.4 is 9.64 Å². The minimum Gasteiger partial charge on any atom is -0.494 e. The number of hydrogen-bond acceptors (Lipinski definition) is 2. The molecule has 120 valence electrons. The summed E-state index contributed by atoms with van der Waals surface area (Å²) in [6.07, 6.45) is 1.26. The molecule has 0 aromatic heterocycles. The van der Waals surface area contributed by atoms with Gasteiger partial charge in [0.2, 0.25) is 5.91 Å². The molecule has 23 heavy (non-hydrogen) atoms. The van der Waals surface area contributed by atoms with Gasteiger partial charge in [-0.2, -0.15) is 0 Å². The second kappa shape index (κ2) is 6.77. The zero-order chi connectivity index (χ0) is 16.2. The second-order valence-corrected chi connectivity index (χ2v) is 5.45. The molecular formula is C18H17F2NO2. The summed E-state index contributed by atoms with van der Waals surface area (Å²) in [5.74, 6) is -0.614. The van der Waals surface area contributed by atoms with Gasteiger partial charge in [0, 0.05) is 24.6 Å². The van der Waals surface area contributed by atoms with E-state index in [0.717, 1.165) is 11.8 Å². The average molecular weight is 317 g/mol. The van der Waals surface area contributed by atoms with Crippen molar-refractivity contribution in [2.75, 3.05) is 18.1 Å². The first kappa shape index (κ1) is 15.5. The van der Waals surface area contributed by atoms with E-state index in [9.17, 15) is 13.6 Å². The van der Waals surface area contributed by atoms with Crippen LogP contribution in [0.1, 0.15) is 18.4 Å². The van der Waals surface area contributed by atoms with Crippen molar-refractivity contribution in [2.45, 2.75) is 19.3 Å². The molecular weight excluding hydrogens is 300 g/mol. The Morgan fingerprint density at radius 2 is 1.96 bits per heavy atom. The van der Waals surface area contributed by atoms with Crippen molar-refractivity contribution in [1.82, 2.24) is 0 Å². The highest BCUT2D eigenvalue weighted by Crippen LogP contribution is 2.31. The minimum absolute atomic E-state index is 0.134. The highest BCUT2D eigenvalue weighted by atomic mass is 19.1. The highest BCUT2D eigenvalue weighted by Gasteiger charge is 2.27. The van der Waals surface area contributed by atoms with Crippen LogP contribution in [0.15, 0.2) is 42.5 Å². The van der Waals surface area contributed by atoms with Crippen LogP contribution in [-0.4, -0.2) is 19.1 Å². The number of carbonyl (C=O) groups excluding carboxylic acids is 1. The number of rotatable bonds is 5. The van der Waals surface area contributed by atoms with E-state index in [1.165, 1.54) is 11.0 Å². The smallest absolute Gasteiger partial charge is 0.227 e. The fourth-order valence-corrected chi connectivity index (χ4v) is 2.75. The van der Waals surface area contributed by atoms with Gasteiger partial charge in [-0.05, 0) is 31.0 Å². The first-order chi connectivity index (χ1) is 11.1. The maximum atomic E-state index is 13.7. The number of benzene rings is 2. The lowest BCUT2D eigenvalue weighted by molar-refractivity contribution is -0.118. The molecule has 1 aliphatic heterocycles. The first-order valence-corrected chi connectivity index (χ1v) is 7.61. The molecule has 0 unspecified atom stereocenters. The van der Waals surface area contributed by atoms with E-state index in [1.54, 1.807) is 0 Å². The van der Waals surface area contributed by atoms with Crippen molar-refractivity contribution in [2.24, 2.45) is 0 Å². The normalized spacial score (nSPS) is 13.0. The molecule has 0 bridgehead atoms. The third kappa shape index (κ3) is 3.50. The van der Waals surface area contributed by atoms with Gasteiger partial charge in [0.25, 0.3) is 0 Å². The van der Waals surface area contributed by atoms with Crippen molar-refractivity contribution in [3.05, 3.63) is 59.7 Å². The summed E-state index contributed by atoms with van der Waals surface area (Å²) in [5, 5.41) is 0. The van der Waals surface area contributed by atoms with E-state index in [-0.39, 0.29) is 12.3 Å². The van der Waals surface area contributed by atoms with Gasteiger partial charge in [-0.3, -0.25) is 4.79 Å². The molecule has 0 radical (unpaired) electrons. The van der Waals surface area contributed by atoms with Crippen molar-refractivity contribution in [1.29, 1.82) is 0 Å². The van der Waals surface area contributed by atoms with Gasteiger partial charge in [-0.1, -0.05) is 18.2 Å². The third-order valence-corrected chi connectivity index (χ3v) is 3.86. The summed E-state index contributed by atoms with van der Waals surface area (Å²) < 4.78 is 32.6. The second-order valence-electron chi connectivity index (χ2n) is 5.45. The van der Waals surface area contributed by atoms with E-state index in [1.807, 2.05) is 30.3 Å². The highest BCUT2D eigenvalue weighted by molar-refractivity contribution is 5.95. The Hall–Kier alpha value is -2.43. The van der Waals surface area contributed by atoms with Crippen LogP contribution in [0.4, 0.5) is 14.5 Å². The molecule has 0 N–H and O–H groups in total. The van der Waals surface area contributed by atoms with Gasteiger partial charge in [0.15, 0.2) is 0 Å². The van der Waals surface area contributed by atoms with Crippen LogP contribution in [-0.2, 0) is 11.2 Å². The van der Waals surface area contributed by atoms with Crippen LogP contribution in [0.2, 0.25) is 0 Å². The molecule has 3 nitrogen and oxygen atoms in total. The van der Waals surface area contributed by atoms with Crippen LogP contribution in [0, 0.1) is 11.6 Å². The maximum absolute atomic E-state index is 13.7. The van der Waals surface area contributed by atoms with Gasteiger partial charge in [0.05, 0.1) is 12.3 Å². The number of carbonyl (C=O) groups is 1. The van der Waals surface area contributed by atoms with Crippen molar-refractivity contribution < 1.29 is 18.3 Å². The third-order valence-electron chi connectivity index (χ3n) is 3.86. The lowest BCUT2D eigenvalue weighted by atomic mass is 10.1. The quantitative estimate of drug-likeness (QED) is 0.787. The van der Waals surface area contributed by atoms with Crippen molar-refractivity contribution >= 4 is 11.6 Å². The molecule has 0 spiro atoms. The Morgan fingerprint density at radius 3 is 2.74 bits per heavy atom. The molecule has 1 amide bonds. The Bertz CT molecular complexity index is 704. The van der Waals surface area contributed by atoms with Crippen LogP contribution in [0.3, 0.4) is 0 Å². The molecule has 5 heteroatoms. The number of halogens is 2. The molecule has 0 saturated carbocycles. The number of fused-ring (bicyclic) bond motifs is 1. The van der Waals surface area contributed by atoms with Gasteiger partial charge >= 0.3 is 0 Å². The number of nitrogens with zero attached hydrogens (tertiary/aromatic N) is 1. The fourth-order valence-electron chi connectivity index (χ4n) is 2.75. The largest absolute Gasteiger partial charge is 0.494 e. The van der Waals surface area contributed by atoms with Gasteiger partial charge in [-0.25, -0.2) is 8.78 Å². The number of ether oxygens (including phenoxy) is 1. The Balaban J connectivity index is 1.54. The average Bonchev–Trinajstić information content (AvgIpc) is 2.96. The summed E-state index contributed by atoms with van der Waals surface area (Å²) in [4.78, 5) is 13.7. The van der Waals surface area contributed by atoms with E-state index < -0.39 is 11.6 Å². The molecule has 2 aromatic carbocycles. The summed E-state index contributed by atoms with van der Waals surface area (Å²) >= 11 is 0. The lowest BCUT2D eigenvalue weighted by Gasteiger charge is -2.17. The van der Waals surface area contributed by atoms with E-state index >= 15 is 0 Å². The van der Waals surface area contributed by atoms with Crippen LogP contribution >= 0.6 is 0 Å². The SMILES string of the molecule is O=C(CCCOc1ccccc1)N1CCc2c(F)cc(F)cc21. The first-order valence-electron chi connectivity index (χ1n) is 7.61. The van der Waals surface area contributed by atoms with Gasteiger partial charge < -0.3 is 9.64 Å². The molecule has 1 heterocycles. The fraction of sp³-hybridized carbons (Fsp3) is 0.278. The van der Waals surface area contributed by atoms with Gasteiger partial charge in [-0.15, -0.1) is 0 Å². The predicted octanol–water partition coefficient (Wildman–Crippen LogP) is 3.71. The minimum atomic E-state index is -0.659. The zero-order valence-electron chi connectivity index (χ0n) is 12.6. The van der Waals surface area contributed by atoms with E-state index in [0.29, 0.717) is 37.2 Å². The molecule has 0 fully saturated rings. The molecule has 3 rings (SSSR count). The molecule has 2 aromatic rings. The number of para-hydroxylation sites is 1. The summed E-state index contributed by atoms with van der Waals surface area (Å²) in [6, 6.07) is 11.5. The van der Waals surface area contributed by atoms with Crippen molar-refractivity contribution in [3.8, 4) is 5.75 Å². The van der Waals surface area contributed by atoms with Crippen LogP contribution in [0.5, 0.6) is 5.75 Å². The molecule has 0 atom stereocenters. The predicted molar refractivity (Wildman–Crippen MR) is 83.6 cm³/mol. The number of hydrogen-bond donors (Lipinski definition) is 0. The Kier molecular flexibility index (Phi) is 4.55. The zero-order valence-corrected chi connectivity index (χ0v) is 12.6. The topological polar surface area (TPSA) is 29.5 Å².